The number of benzene rings is 2. The van der Waals surface area contributed by atoms with Crippen molar-refractivity contribution >= 4 is 46.9 Å². The van der Waals surface area contributed by atoms with Gasteiger partial charge in [-0.05, 0) is 36.4 Å². The van der Waals surface area contributed by atoms with Crippen LogP contribution in [0, 0.1) is 0 Å². The lowest BCUT2D eigenvalue weighted by Crippen LogP contribution is -2.04. The summed E-state index contributed by atoms with van der Waals surface area (Å²) < 4.78 is 39.2. The summed E-state index contributed by atoms with van der Waals surface area (Å²) in [5.74, 6) is 0.0655. The van der Waals surface area contributed by atoms with Crippen LogP contribution < -0.4 is 11.5 Å². The first kappa shape index (κ1) is 18.7. The van der Waals surface area contributed by atoms with Crippen LogP contribution >= 0.6 is 35.0 Å². The fraction of sp³-hybridized carbons (Fsp3) is 0.0667. The molecule has 4 N–H and O–H groups in total. The van der Waals surface area contributed by atoms with Gasteiger partial charge in [-0.3, -0.25) is 0 Å². The number of nitrogens with two attached hydrogens (primary N) is 2. The minimum absolute atomic E-state index is 0.00190. The molecule has 0 atom stereocenters. The zero-order chi connectivity index (χ0) is 19.1. The van der Waals surface area contributed by atoms with Crippen LogP contribution in [-0.2, 0) is 6.18 Å². The molecular weight excluding hydrogens is 410 g/mol. The highest BCUT2D eigenvalue weighted by molar-refractivity contribution is 7.99. The Balaban J connectivity index is 1.91. The average Bonchev–Trinajstić information content (AvgIpc) is 2.89. The predicted octanol–water partition coefficient (Wildman–Crippen LogP) is 4.91. The molecule has 1 aromatic heterocycles. The number of aromatic nitrogens is 3. The number of anilines is 2. The van der Waals surface area contributed by atoms with E-state index in [2.05, 4.69) is 10.1 Å². The van der Waals surface area contributed by atoms with E-state index < -0.39 is 11.7 Å². The first-order chi connectivity index (χ1) is 12.1. The molecule has 5 nitrogen and oxygen atoms in total. The highest BCUT2D eigenvalue weighted by Gasteiger charge is 2.30. The third-order valence-corrected chi connectivity index (χ3v) is 5.25. The van der Waals surface area contributed by atoms with E-state index in [0.717, 1.165) is 23.9 Å². The Bertz CT molecular complexity index is 934. The Morgan fingerprint density at radius 1 is 1.00 bits per heavy atom. The molecule has 11 heteroatoms. The largest absolute Gasteiger partial charge is 0.416 e. The molecule has 0 amide bonds. The van der Waals surface area contributed by atoms with E-state index in [0.29, 0.717) is 15.5 Å². The number of hydrogen-bond donors (Lipinski definition) is 2. The second-order valence-electron chi connectivity index (χ2n) is 5.10. The molecule has 0 unspecified atom stereocenters. The van der Waals surface area contributed by atoms with Gasteiger partial charge in [0.05, 0.1) is 21.3 Å². The molecule has 0 saturated heterocycles. The second-order valence-corrected chi connectivity index (χ2v) is 7.00. The Labute approximate surface area is 160 Å². The van der Waals surface area contributed by atoms with Crippen molar-refractivity contribution in [1.82, 2.24) is 14.8 Å². The molecule has 0 aliphatic rings. The lowest BCUT2D eigenvalue weighted by molar-refractivity contribution is -0.137. The number of alkyl halides is 3. The van der Waals surface area contributed by atoms with Gasteiger partial charge in [-0.25, -0.2) is 0 Å². The van der Waals surface area contributed by atoms with Crippen molar-refractivity contribution in [3.05, 3.63) is 52.0 Å². The zero-order valence-corrected chi connectivity index (χ0v) is 15.1. The summed E-state index contributed by atoms with van der Waals surface area (Å²) >= 11 is 13.7. The average molecular weight is 420 g/mol. The van der Waals surface area contributed by atoms with Crippen LogP contribution in [0.15, 0.2) is 46.2 Å². The quantitative estimate of drug-likeness (QED) is 0.629. The monoisotopic (exact) mass is 419 g/mol. The second kappa shape index (κ2) is 6.90. The number of nitrogens with zero attached hydrogens (tertiary/aromatic N) is 3. The third-order valence-electron chi connectivity index (χ3n) is 3.28. The summed E-state index contributed by atoms with van der Waals surface area (Å²) in [5, 5.41) is 4.50. The van der Waals surface area contributed by atoms with Gasteiger partial charge in [0.25, 0.3) is 0 Å². The van der Waals surface area contributed by atoms with Gasteiger partial charge in [0.2, 0.25) is 11.9 Å². The summed E-state index contributed by atoms with van der Waals surface area (Å²) in [4.78, 5) is 4.83. The van der Waals surface area contributed by atoms with Crippen molar-refractivity contribution in [1.29, 1.82) is 0 Å². The van der Waals surface area contributed by atoms with E-state index in [9.17, 15) is 13.2 Å². The summed E-state index contributed by atoms with van der Waals surface area (Å²) in [6.07, 6.45) is -4.39. The SMILES string of the molecule is Nc1nc(N)n(-c2cc(Cl)c(Sc3ccc(C(F)(F)F)cc3)c(Cl)c2)n1. The Morgan fingerprint density at radius 3 is 2.04 bits per heavy atom. The first-order valence-electron chi connectivity index (χ1n) is 6.97. The summed E-state index contributed by atoms with van der Waals surface area (Å²) in [6.45, 7) is 0. The van der Waals surface area contributed by atoms with Gasteiger partial charge in [-0.15, -0.1) is 5.10 Å². The van der Waals surface area contributed by atoms with Gasteiger partial charge >= 0.3 is 6.18 Å². The highest BCUT2D eigenvalue weighted by Crippen LogP contribution is 2.41. The van der Waals surface area contributed by atoms with Crippen LogP contribution in [0.5, 0.6) is 0 Å². The number of nitrogen functional groups attached to an aromatic ring is 2. The molecule has 0 aliphatic heterocycles. The molecule has 3 rings (SSSR count). The Morgan fingerprint density at radius 2 is 1.58 bits per heavy atom. The highest BCUT2D eigenvalue weighted by atomic mass is 35.5. The molecule has 1 heterocycles. The Kier molecular flexibility index (Phi) is 4.96. The smallest absolute Gasteiger partial charge is 0.368 e. The van der Waals surface area contributed by atoms with Crippen molar-refractivity contribution < 1.29 is 13.2 Å². The normalized spacial score (nSPS) is 11.7. The van der Waals surface area contributed by atoms with Gasteiger partial charge in [0.1, 0.15) is 0 Å². The van der Waals surface area contributed by atoms with Crippen LogP contribution in [0.3, 0.4) is 0 Å². The van der Waals surface area contributed by atoms with Crippen LogP contribution in [0.25, 0.3) is 5.69 Å². The first-order valence-corrected chi connectivity index (χ1v) is 8.55. The fourth-order valence-corrected chi connectivity index (χ4v) is 3.65. The molecule has 136 valence electrons. The predicted molar refractivity (Wildman–Crippen MR) is 95.8 cm³/mol. The lowest BCUT2D eigenvalue weighted by atomic mass is 10.2. The molecule has 26 heavy (non-hydrogen) atoms. The molecule has 3 aromatic rings. The van der Waals surface area contributed by atoms with E-state index in [1.165, 1.54) is 16.8 Å². The van der Waals surface area contributed by atoms with E-state index >= 15 is 0 Å². The van der Waals surface area contributed by atoms with Crippen molar-refractivity contribution in [3.8, 4) is 5.69 Å². The summed E-state index contributed by atoms with van der Waals surface area (Å²) in [6, 6.07) is 7.82. The molecule has 0 fully saturated rings. The number of hydrogen-bond acceptors (Lipinski definition) is 5. The van der Waals surface area contributed by atoms with Gasteiger partial charge in [-0.2, -0.15) is 22.8 Å². The van der Waals surface area contributed by atoms with Crippen molar-refractivity contribution in [2.24, 2.45) is 0 Å². The summed E-state index contributed by atoms with van der Waals surface area (Å²) in [5.41, 5.74) is 10.9. The fourth-order valence-electron chi connectivity index (χ4n) is 2.13. The van der Waals surface area contributed by atoms with Gasteiger partial charge in [-0.1, -0.05) is 35.0 Å². The maximum atomic E-state index is 12.6. The molecule has 0 radical (unpaired) electrons. The van der Waals surface area contributed by atoms with E-state index in [1.807, 2.05) is 0 Å². The zero-order valence-electron chi connectivity index (χ0n) is 12.8. The van der Waals surface area contributed by atoms with Crippen LogP contribution in [0.4, 0.5) is 25.1 Å². The molecule has 0 bridgehead atoms. The summed E-state index contributed by atoms with van der Waals surface area (Å²) in [7, 11) is 0. The third kappa shape index (κ3) is 3.84. The maximum Gasteiger partial charge on any atom is 0.416 e. The van der Waals surface area contributed by atoms with E-state index in [-0.39, 0.29) is 21.9 Å². The van der Waals surface area contributed by atoms with Crippen molar-refractivity contribution in [2.75, 3.05) is 11.5 Å². The van der Waals surface area contributed by atoms with E-state index in [1.54, 1.807) is 12.1 Å². The lowest BCUT2D eigenvalue weighted by Gasteiger charge is -2.11. The molecule has 0 saturated carbocycles. The van der Waals surface area contributed by atoms with Gasteiger partial charge in [0, 0.05) is 9.79 Å². The standard InChI is InChI=1S/C15H10Cl2F3N5S/c16-10-5-8(25-14(22)23-13(21)24-25)6-11(17)12(10)26-9-3-1-7(2-4-9)15(18,19)20/h1-6H,(H4,21,22,23,24). The minimum Gasteiger partial charge on any atom is -0.368 e. The van der Waals surface area contributed by atoms with E-state index in [4.69, 9.17) is 34.7 Å². The van der Waals surface area contributed by atoms with Crippen LogP contribution in [0.2, 0.25) is 10.0 Å². The van der Waals surface area contributed by atoms with Crippen molar-refractivity contribution in [3.63, 3.8) is 0 Å². The van der Waals surface area contributed by atoms with Crippen LogP contribution in [0.1, 0.15) is 5.56 Å². The van der Waals surface area contributed by atoms with Gasteiger partial charge in [0.15, 0.2) is 0 Å². The maximum absolute atomic E-state index is 12.6. The molecule has 0 aliphatic carbocycles. The van der Waals surface area contributed by atoms with Gasteiger partial charge < -0.3 is 11.5 Å². The molecular formula is C15H10Cl2F3N5S. The molecule has 0 spiro atoms. The Hall–Kier alpha value is -2.10. The van der Waals surface area contributed by atoms with Crippen LogP contribution in [-0.4, -0.2) is 14.8 Å². The topological polar surface area (TPSA) is 82.7 Å². The van der Waals surface area contributed by atoms with Crippen molar-refractivity contribution in [2.45, 2.75) is 16.0 Å². The minimum atomic E-state index is -4.39. The molecule has 2 aromatic carbocycles. The number of halogens is 5. The number of rotatable bonds is 3.